The third kappa shape index (κ3) is 7.08. The first kappa shape index (κ1) is 25.7. The molecule has 2 aromatic carbocycles. The molecule has 9 nitrogen and oxygen atoms in total. The Morgan fingerprint density at radius 2 is 1.65 bits per heavy atom. The number of hydrogen-bond donors (Lipinski definition) is 3. The van der Waals surface area contributed by atoms with E-state index in [2.05, 4.69) is 41.7 Å². The van der Waals surface area contributed by atoms with Crippen molar-refractivity contribution in [3.63, 3.8) is 0 Å². The largest absolute Gasteiger partial charge is 0.457 e. The minimum absolute atomic E-state index is 0.197. The summed E-state index contributed by atoms with van der Waals surface area (Å²) in [4.78, 5) is 16.9. The maximum atomic E-state index is 12.9. The van der Waals surface area contributed by atoms with Gasteiger partial charge in [0.2, 0.25) is 0 Å². The van der Waals surface area contributed by atoms with Gasteiger partial charge in [-0.05, 0) is 54.6 Å². The molecule has 3 N–H and O–H groups in total. The van der Waals surface area contributed by atoms with Crippen molar-refractivity contribution in [2.24, 2.45) is 0 Å². The number of carbonyl (C=O) groups excluding carboxylic acids is 1. The molecule has 4 aromatic rings. The lowest BCUT2D eigenvalue weighted by Gasteiger charge is -2.14. The van der Waals surface area contributed by atoms with E-state index < -0.39 is 0 Å². The number of nitrogens with one attached hydrogen (secondary N) is 3. The van der Waals surface area contributed by atoms with Crippen molar-refractivity contribution in [3.05, 3.63) is 84.8 Å². The van der Waals surface area contributed by atoms with Crippen LogP contribution in [-0.4, -0.2) is 41.1 Å². The zero-order valence-electron chi connectivity index (χ0n) is 21.5. The van der Waals surface area contributed by atoms with Gasteiger partial charge in [0.05, 0.1) is 18.0 Å². The van der Waals surface area contributed by atoms with Gasteiger partial charge in [-0.1, -0.05) is 26.8 Å². The van der Waals surface area contributed by atoms with Gasteiger partial charge in [0.1, 0.15) is 17.3 Å². The smallest absolute Gasteiger partial charge is 0.324 e. The number of hydrogen-bond acceptors (Lipinski definition) is 6. The number of ether oxygens (including phenoxy) is 2. The predicted molar refractivity (Wildman–Crippen MR) is 146 cm³/mol. The van der Waals surface area contributed by atoms with Crippen molar-refractivity contribution >= 4 is 23.2 Å². The lowest BCUT2D eigenvalue weighted by Crippen LogP contribution is -2.21. The molecule has 2 heterocycles. The van der Waals surface area contributed by atoms with Crippen LogP contribution < -0.4 is 20.7 Å². The summed E-state index contributed by atoms with van der Waals surface area (Å²) in [7, 11) is 1.67. The molecule has 0 aliphatic rings. The standard InChI is InChI=1S/C28H32N6O3/c1-28(2,3)25-19-26(34(33-25)22-7-5-6-21(18-22)30-16-17-36-4)32-27(35)31-20-8-10-23(11-9-20)37-24-12-14-29-15-13-24/h5-15,18-19,30H,16-17H2,1-4H3,(H2,31,32,35). The second kappa shape index (κ2) is 11.6. The van der Waals surface area contributed by atoms with Crippen LogP contribution in [0.3, 0.4) is 0 Å². The number of carbonyl (C=O) groups is 1. The summed E-state index contributed by atoms with van der Waals surface area (Å²) in [5, 5.41) is 13.9. The number of methoxy groups -OCH3 is 1. The Morgan fingerprint density at radius 3 is 2.35 bits per heavy atom. The molecule has 2 amide bonds. The van der Waals surface area contributed by atoms with Gasteiger partial charge in [-0.2, -0.15) is 5.10 Å². The average Bonchev–Trinajstić information content (AvgIpc) is 3.30. The summed E-state index contributed by atoms with van der Waals surface area (Å²) in [5.41, 5.74) is 3.05. The number of benzene rings is 2. The number of anilines is 3. The summed E-state index contributed by atoms with van der Waals surface area (Å²) >= 11 is 0. The quantitative estimate of drug-likeness (QED) is 0.242. The molecule has 192 valence electrons. The molecule has 0 aliphatic heterocycles. The van der Waals surface area contributed by atoms with Gasteiger partial charge < -0.3 is 20.1 Å². The fraction of sp³-hybridized carbons (Fsp3) is 0.250. The molecule has 2 aromatic heterocycles. The number of pyridine rings is 1. The molecule has 4 rings (SSSR count). The van der Waals surface area contributed by atoms with Gasteiger partial charge in [0, 0.05) is 48.9 Å². The molecule has 0 saturated heterocycles. The van der Waals surface area contributed by atoms with Crippen LogP contribution in [0.4, 0.5) is 22.0 Å². The van der Waals surface area contributed by atoms with Crippen molar-refractivity contribution in [1.29, 1.82) is 0 Å². The van der Waals surface area contributed by atoms with Crippen LogP contribution in [-0.2, 0) is 10.2 Å². The molecular formula is C28H32N6O3. The highest BCUT2D eigenvalue weighted by Crippen LogP contribution is 2.28. The molecule has 0 aliphatic carbocycles. The molecule has 0 spiro atoms. The van der Waals surface area contributed by atoms with Gasteiger partial charge in [0.15, 0.2) is 0 Å². The van der Waals surface area contributed by atoms with Crippen LogP contribution in [0, 0.1) is 0 Å². The van der Waals surface area contributed by atoms with E-state index in [1.807, 2.05) is 30.3 Å². The highest BCUT2D eigenvalue weighted by atomic mass is 16.5. The van der Waals surface area contributed by atoms with Crippen LogP contribution in [0.15, 0.2) is 79.1 Å². The molecule has 9 heteroatoms. The lowest BCUT2D eigenvalue weighted by molar-refractivity contribution is 0.211. The summed E-state index contributed by atoms with van der Waals surface area (Å²) in [6.07, 6.45) is 3.33. The summed E-state index contributed by atoms with van der Waals surface area (Å²) in [5.74, 6) is 1.91. The minimum Gasteiger partial charge on any atom is -0.457 e. The first-order chi connectivity index (χ1) is 17.8. The zero-order chi connectivity index (χ0) is 26.3. The highest BCUT2D eigenvalue weighted by Gasteiger charge is 2.21. The van der Waals surface area contributed by atoms with Gasteiger partial charge in [-0.3, -0.25) is 10.3 Å². The van der Waals surface area contributed by atoms with Crippen LogP contribution in [0.1, 0.15) is 26.5 Å². The van der Waals surface area contributed by atoms with E-state index in [0.29, 0.717) is 36.2 Å². The molecule has 0 radical (unpaired) electrons. The molecule has 0 fully saturated rings. The highest BCUT2D eigenvalue weighted by molar-refractivity contribution is 5.99. The lowest BCUT2D eigenvalue weighted by atomic mass is 9.92. The summed E-state index contributed by atoms with van der Waals surface area (Å²) in [6.45, 7) is 7.54. The maximum absolute atomic E-state index is 12.9. The van der Waals surface area contributed by atoms with E-state index in [4.69, 9.17) is 14.6 Å². The number of nitrogens with zero attached hydrogens (tertiary/aromatic N) is 3. The van der Waals surface area contributed by atoms with Crippen LogP contribution in [0.25, 0.3) is 5.69 Å². The second-order valence-corrected chi connectivity index (χ2v) is 9.44. The van der Waals surface area contributed by atoms with Crippen molar-refractivity contribution in [1.82, 2.24) is 14.8 Å². The van der Waals surface area contributed by atoms with Crippen LogP contribution >= 0.6 is 0 Å². The van der Waals surface area contributed by atoms with Crippen LogP contribution in [0.2, 0.25) is 0 Å². The molecular weight excluding hydrogens is 468 g/mol. The first-order valence-electron chi connectivity index (χ1n) is 12.0. The summed E-state index contributed by atoms with van der Waals surface area (Å²) < 4.78 is 12.6. The molecule has 0 saturated carbocycles. The number of urea groups is 1. The van der Waals surface area contributed by atoms with Gasteiger partial charge in [-0.25, -0.2) is 9.48 Å². The van der Waals surface area contributed by atoms with E-state index in [-0.39, 0.29) is 11.4 Å². The topological polar surface area (TPSA) is 102 Å². The Balaban J connectivity index is 1.49. The maximum Gasteiger partial charge on any atom is 0.324 e. The SMILES string of the molecule is COCCNc1cccc(-n2nc(C(C)(C)C)cc2NC(=O)Nc2ccc(Oc3ccncc3)cc2)c1. The van der Waals surface area contributed by atoms with Crippen molar-refractivity contribution in [3.8, 4) is 17.2 Å². The first-order valence-corrected chi connectivity index (χ1v) is 12.0. The average molecular weight is 501 g/mol. The third-order valence-corrected chi connectivity index (χ3v) is 5.44. The fourth-order valence-electron chi connectivity index (χ4n) is 3.51. The van der Waals surface area contributed by atoms with E-state index in [0.717, 1.165) is 17.1 Å². The second-order valence-electron chi connectivity index (χ2n) is 9.44. The summed E-state index contributed by atoms with van der Waals surface area (Å²) in [6, 6.07) is 20.1. The van der Waals surface area contributed by atoms with E-state index >= 15 is 0 Å². The Kier molecular flexibility index (Phi) is 8.05. The minimum atomic E-state index is -0.376. The zero-order valence-corrected chi connectivity index (χ0v) is 21.5. The van der Waals surface area contributed by atoms with E-state index in [9.17, 15) is 4.79 Å². The van der Waals surface area contributed by atoms with Gasteiger partial charge >= 0.3 is 6.03 Å². The fourth-order valence-corrected chi connectivity index (χ4v) is 3.51. The number of rotatable bonds is 9. The Bertz CT molecular complexity index is 1310. The number of amides is 2. The van der Waals surface area contributed by atoms with Gasteiger partial charge in [-0.15, -0.1) is 0 Å². The molecule has 0 unspecified atom stereocenters. The Morgan fingerprint density at radius 1 is 0.919 bits per heavy atom. The molecule has 0 atom stereocenters. The Labute approximate surface area is 216 Å². The monoisotopic (exact) mass is 500 g/mol. The van der Waals surface area contributed by atoms with Crippen molar-refractivity contribution < 1.29 is 14.3 Å². The molecule has 0 bridgehead atoms. The van der Waals surface area contributed by atoms with Crippen molar-refractivity contribution in [2.75, 3.05) is 36.2 Å². The van der Waals surface area contributed by atoms with E-state index in [1.165, 1.54) is 0 Å². The molecule has 37 heavy (non-hydrogen) atoms. The Hall–Kier alpha value is -4.37. The van der Waals surface area contributed by atoms with Gasteiger partial charge in [0.25, 0.3) is 0 Å². The van der Waals surface area contributed by atoms with E-state index in [1.54, 1.807) is 60.6 Å². The predicted octanol–water partition coefficient (Wildman–Crippen LogP) is 6.06. The number of aromatic nitrogens is 3. The third-order valence-electron chi connectivity index (χ3n) is 5.44. The van der Waals surface area contributed by atoms with Crippen molar-refractivity contribution in [2.45, 2.75) is 26.2 Å². The normalized spacial score (nSPS) is 11.1. The van der Waals surface area contributed by atoms with Crippen LogP contribution in [0.5, 0.6) is 11.5 Å².